The van der Waals surface area contributed by atoms with Gasteiger partial charge in [0.05, 0.1) is 0 Å². The molecule has 1 aromatic heterocycles. The van der Waals surface area contributed by atoms with E-state index in [1.807, 2.05) is 20.0 Å². The Morgan fingerprint density at radius 2 is 1.76 bits per heavy atom. The van der Waals surface area contributed by atoms with E-state index in [0.717, 1.165) is 22.9 Å². The topological polar surface area (TPSA) is 37.8 Å². The fourth-order valence-corrected chi connectivity index (χ4v) is 1.79. The lowest BCUT2D eigenvalue weighted by atomic mass is 10.1. The molecule has 2 aromatic rings. The maximum Gasteiger partial charge on any atom is 0.162 e. The first kappa shape index (κ1) is 11.6. The minimum Gasteiger partial charge on any atom is -0.373 e. The highest BCUT2D eigenvalue weighted by molar-refractivity contribution is 5.62. The number of hydrogen-bond acceptors (Lipinski definition) is 3. The SMILES string of the molecule is CNc1cc(C)nc(-c2cc(C)ccc2C)n1. The first-order chi connectivity index (χ1) is 8.10. The molecule has 0 amide bonds. The predicted molar refractivity (Wildman–Crippen MR) is 71.2 cm³/mol. The molecule has 0 radical (unpaired) electrons. The Bertz CT molecular complexity index is 547. The van der Waals surface area contributed by atoms with Crippen LogP contribution in [-0.2, 0) is 0 Å². The van der Waals surface area contributed by atoms with Crippen molar-refractivity contribution < 1.29 is 0 Å². The molecule has 1 aromatic carbocycles. The maximum atomic E-state index is 4.50. The van der Waals surface area contributed by atoms with Crippen LogP contribution in [0.4, 0.5) is 5.82 Å². The summed E-state index contributed by atoms with van der Waals surface area (Å²) in [5.41, 5.74) is 4.50. The van der Waals surface area contributed by atoms with Crippen LogP contribution in [0, 0.1) is 20.8 Å². The standard InChI is InChI=1S/C14H17N3/c1-9-5-6-10(2)12(7-9)14-16-11(3)8-13(15-4)17-14/h5-8H,1-4H3,(H,15,16,17). The number of rotatable bonds is 2. The number of nitrogens with zero attached hydrogens (tertiary/aromatic N) is 2. The van der Waals surface area contributed by atoms with E-state index in [1.54, 1.807) is 0 Å². The van der Waals surface area contributed by atoms with E-state index < -0.39 is 0 Å². The third kappa shape index (κ3) is 2.44. The first-order valence-electron chi connectivity index (χ1n) is 5.71. The number of benzene rings is 1. The molecular formula is C14H17N3. The Morgan fingerprint density at radius 3 is 2.47 bits per heavy atom. The van der Waals surface area contributed by atoms with Crippen molar-refractivity contribution in [3.63, 3.8) is 0 Å². The molecule has 0 saturated heterocycles. The number of aromatic nitrogens is 2. The largest absolute Gasteiger partial charge is 0.373 e. The average molecular weight is 227 g/mol. The molecule has 17 heavy (non-hydrogen) atoms. The number of aryl methyl sites for hydroxylation is 3. The summed E-state index contributed by atoms with van der Waals surface area (Å²) in [5.74, 6) is 1.64. The van der Waals surface area contributed by atoms with Gasteiger partial charge in [0, 0.05) is 24.4 Å². The third-order valence-electron chi connectivity index (χ3n) is 2.74. The Morgan fingerprint density at radius 1 is 1.00 bits per heavy atom. The maximum absolute atomic E-state index is 4.50. The van der Waals surface area contributed by atoms with Gasteiger partial charge in [-0.1, -0.05) is 17.7 Å². The molecule has 1 N–H and O–H groups in total. The van der Waals surface area contributed by atoms with E-state index >= 15 is 0 Å². The van der Waals surface area contributed by atoms with Gasteiger partial charge in [0.2, 0.25) is 0 Å². The monoisotopic (exact) mass is 227 g/mol. The van der Waals surface area contributed by atoms with Crippen LogP contribution in [0.5, 0.6) is 0 Å². The van der Waals surface area contributed by atoms with E-state index in [1.165, 1.54) is 11.1 Å². The third-order valence-corrected chi connectivity index (χ3v) is 2.74. The normalized spacial score (nSPS) is 10.4. The number of nitrogens with one attached hydrogen (secondary N) is 1. The van der Waals surface area contributed by atoms with Crippen LogP contribution in [0.2, 0.25) is 0 Å². The minimum absolute atomic E-state index is 0.788. The molecule has 1 heterocycles. The van der Waals surface area contributed by atoms with Crippen LogP contribution in [0.25, 0.3) is 11.4 Å². The van der Waals surface area contributed by atoms with Gasteiger partial charge >= 0.3 is 0 Å². The summed E-state index contributed by atoms with van der Waals surface area (Å²) < 4.78 is 0. The lowest BCUT2D eigenvalue weighted by Gasteiger charge is -2.08. The van der Waals surface area contributed by atoms with Crippen LogP contribution < -0.4 is 5.32 Å². The zero-order chi connectivity index (χ0) is 12.4. The van der Waals surface area contributed by atoms with Crippen molar-refractivity contribution in [3.05, 3.63) is 41.1 Å². The summed E-state index contributed by atoms with van der Waals surface area (Å²) in [7, 11) is 1.87. The van der Waals surface area contributed by atoms with Crippen LogP contribution in [-0.4, -0.2) is 17.0 Å². The quantitative estimate of drug-likeness (QED) is 0.856. The van der Waals surface area contributed by atoms with E-state index in [2.05, 4.69) is 47.3 Å². The lowest BCUT2D eigenvalue weighted by molar-refractivity contribution is 1.10. The Hall–Kier alpha value is -1.90. The van der Waals surface area contributed by atoms with Crippen molar-refractivity contribution in [2.24, 2.45) is 0 Å². The second kappa shape index (κ2) is 4.53. The van der Waals surface area contributed by atoms with Crippen molar-refractivity contribution in [1.82, 2.24) is 9.97 Å². The van der Waals surface area contributed by atoms with E-state index in [9.17, 15) is 0 Å². The van der Waals surface area contributed by atoms with Gasteiger partial charge < -0.3 is 5.32 Å². The fraction of sp³-hybridized carbons (Fsp3) is 0.286. The second-order valence-electron chi connectivity index (χ2n) is 4.29. The van der Waals surface area contributed by atoms with E-state index in [4.69, 9.17) is 0 Å². The van der Waals surface area contributed by atoms with Crippen molar-refractivity contribution >= 4 is 5.82 Å². The molecule has 3 heteroatoms. The summed E-state index contributed by atoms with van der Waals surface area (Å²) >= 11 is 0. The molecule has 0 spiro atoms. The molecule has 0 aliphatic heterocycles. The Labute approximate surface area is 102 Å². The minimum atomic E-state index is 0.788. The van der Waals surface area contributed by atoms with E-state index in [0.29, 0.717) is 0 Å². The molecule has 0 bridgehead atoms. The molecule has 0 aliphatic rings. The zero-order valence-corrected chi connectivity index (χ0v) is 10.7. The van der Waals surface area contributed by atoms with Crippen LogP contribution in [0.15, 0.2) is 24.3 Å². The lowest BCUT2D eigenvalue weighted by Crippen LogP contribution is -1.99. The van der Waals surface area contributed by atoms with Crippen molar-refractivity contribution in [2.45, 2.75) is 20.8 Å². The van der Waals surface area contributed by atoms with Crippen molar-refractivity contribution in [3.8, 4) is 11.4 Å². The molecule has 0 fully saturated rings. The number of anilines is 1. The van der Waals surface area contributed by atoms with Gasteiger partial charge in [-0.2, -0.15) is 0 Å². The summed E-state index contributed by atoms with van der Waals surface area (Å²) in [4.78, 5) is 9.00. The van der Waals surface area contributed by atoms with E-state index in [-0.39, 0.29) is 0 Å². The van der Waals surface area contributed by atoms with Crippen molar-refractivity contribution in [2.75, 3.05) is 12.4 Å². The summed E-state index contributed by atoms with van der Waals surface area (Å²) in [6, 6.07) is 8.28. The van der Waals surface area contributed by atoms with Gasteiger partial charge in [-0.25, -0.2) is 9.97 Å². The van der Waals surface area contributed by atoms with Crippen LogP contribution >= 0.6 is 0 Å². The average Bonchev–Trinajstić information content (AvgIpc) is 2.31. The molecule has 0 unspecified atom stereocenters. The molecule has 88 valence electrons. The van der Waals surface area contributed by atoms with Crippen LogP contribution in [0.1, 0.15) is 16.8 Å². The molecule has 3 nitrogen and oxygen atoms in total. The van der Waals surface area contributed by atoms with Gasteiger partial charge in [0.1, 0.15) is 5.82 Å². The van der Waals surface area contributed by atoms with Gasteiger partial charge in [-0.05, 0) is 32.4 Å². The molecule has 0 saturated carbocycles. The molecule has 0 aliphatic carbocycles. The van der Waals surface area contributed by atoms with Gasteiger partial charge in [0.25, 0.3) is 0 Å². The second-order valence-corrected chi connectivity index (χ2v) is 4.29. The molecule has 0 atom stereocenters. The smallest absolute Gasteiger partial charge is 0.162 e. The Balaban J connectivity index is 2.59. The molecular weight excluding hydrogens is 210 g/mol. The molecule has 2 rings (SSSR count). The Kier molecular flexibility index (Phi) is 3.09. The van der Waals surface area contributed by atoms with Crippen molar-refractivity contribution in [1.29, 1.82) is 0 Å². The van der Waals surface area contributed by atoms with Gasteiger partial charge in [-0.3, -0.25) is 0 Å². The first-order valence-corrected chi connectivity index (χ1v) is 5.71. The fourth-order valence-electron chi connectivity index (χ4n) is 1.79. The number of hydrogen-bond donors (Lipinski definition) is 1. The van der Waals surface area contributed by atoms with Gasteiger partial charge in [-0.15, -0.1) is 0 Å². The predicted octanol–water partition coefficient (Wildman–Crippen LogP) is 3.11. The highest BCUT2D eigenvalue weighted by Gasteiger charge is 2.07. The summed E-state index contributed by atoms with van der Waals surface area (Å²) in [6.45, 7) is 6.15. The highest BCUT2D eigenvalue weighted by Crippen LogP contribution is 2.22. The zero-order valence-electron chi connectivity index (χ0n) is 10.7. The summed E-state index contributed by atoms with van der Waals surface area (Å²) in [5, 5.41) is 3.06. The summed E-state index contributed by atoms with van der Waals surface area (Å²) in [6.07, 6.45) is 0. The van der Waals surface area contributed by atoms with Crippen LogP contribution in [0.3, 0.4) is 0 Å². The highest BCUT2D eigenvalue weighted by atomic mass is 15.0. The van der Waals surface area contributed by atoms with Gasteiger partial charge in [0.15, 0.2) is 5.82 Å².